The Morgan fingerprint density at radius 2 is 1.89 bits per heavy atom. The van der Waals surface area contributed by atoms with Crippen molar-refractivity contribution in [3.05, 3.63) is 35.5 Å². The minimum atomic E-state index is -0.563. The van der Waals surface area contributed by atoms with Crippen molar-refractivity contribution in [1.29, 1.82) is 0 Å². The number of hydrogen-bond acceptors (Lipinski definition) is 9. The van der Waals surface area contributed by atoms with Crippen LogP contribution in [-0.4, -0.2) is 105 Å². The Kier molecular flexibility index (Phi) is 9.45. The number of nitrogens with one attached hydrogen (secondary N) is 1. The Balaban J connectivity index is 1.37. The summed E-state index contributed by atoms with van der Waals surface area (Å²) < 4.78 is 17.1. The predicted octanol–water partition coefficient (Wildman–Crippen LogP) is 2.29. The van der Waals surface area contributed by atoms with E-state index in [-0.39, 0.29) is 6.61 Å². The van der Waals surface area contributed by atoms with Crippen molar-refractivity contribution >= 4 is 5.82 Å². The number of rotatable bonds is 10. The maximum absolute atomic E-state index is 10.0. The van der Waals surface area contributed by atoms with E-state index in [0.717, 1.165) is 101 Å². The van der Waals surface area contributed by atoms with E-state index < -0.39 is 6.10 Å². The Labute approximate surface area is 226 Å². The van der Waals surface area contributed by atoms with Gasteiger partial charge in [-0.3, -0.25) is 4.90 Å². The maximum atomic E-state index is 10.0. The topological polar surface area (TPSA) is 92.2 Å². The van der Waals surface area contributed by atoms with Crippen molar-refractivity contribution in [3.8, 4) is 17.1 Å². The van der Waals surface area contributed by atoms with Gasteiger partial charge in [-0.1, -0.05) is 12.1 Å². The van der Waals surface area contributed by atoms with Gasteiger partial charge < -0.3 is 29.5 Å². The first-order chi connectivity index (χ1) is 18.6. The average molecular weight is 526 g/mol. The molecule has 2 aromatic rings. The smallest absolute Gasteiger partial charge is 0.161 e. The highest BCUT2D eigenvalue weighted by Gasteiger charge is 2.28. The van der Waals surface area contributed by atoms with Crippen LogP contribution in [0.2, 0.25) is 0 Å². The van der Waals surface area contributed by atoms with Gasteiger partial charge in [0.05, 0.1) is 13.2 Å². The van der Waals surface area contributed by atoms with Crippen molar-refractivity contribution in [3.63, 3.8) is 0 Å². The number of piperidine rings is 1. The molecule has 38 heavy (non-hydrogen) atoms. The highest BCUT2D eigenvalue weighted by molar-refractivity contribution is 5.62. The van der Waals surface area contributed by atoms with Gasteiger partial charge in [-0.15, -0.1) is 0 Å². The summed E-state index contributed by atoms with van der Waals surface area (Å²) in [4.78, 5) is 15.3. The standard InChI is InChI=1S/C29H43N5O4/c1-21-27(16-22-8-13-37-19-22)31-28(23-4-3-5-26(17-23)38-20-25(35)18-30-2)32-29(21)34-9-6-24(7-10-34)33-11-14-36-15-12-33/h3-5,17,22,24-25,30,35H,6-16,18-20H2,1-2H3/t22-,25?/m0/s1. The van der Waals surface area contributed by atoms with E-state index in [1.165, 1.54) is 5.56 Å². The second kappa shape index (κ2) is 13.2. The SMILES string of the molecule is CNCC(O)COc1cccc(-c2nc(C[C@@H]3CCOC3)c(C)c(N3CCC(N4CCOCC4)CC3)n2)c1. The van der Waals surface area contributed by atoms with Gasteiger partial charge >= 0.3 is 0 Å². The van der Waals surface area contributed by atoms with Gasteiger partial charge in [0, 0.05) is 68.8 Å². The molecule has 3 aliphatic heterocycles. The molecule has 1 unspecified atom stereocenters. The van der Waals surface area contributed by atoms with Gasteiger partial charge in [0.1, 0.15) is 24.3 Å². The van der Waals surface area contributed by atoms with Crippen LogP contribution in [0, 0.1) is 12.8 Å². The number of nitrogens with zero attached hydrogens (tertiary/aromatic N) is 4. The molecule has 5 rings (SSSR count). The van der Waals surface area contributed by atoms with Crippen LogP contribution in [-0.2, 0) is 15.9 Å². The molecule has 2 atom stereocenters. The van der Waals surface area contributed by atoms with Crippen LogP contribution in [0.1, 0.15) is 30.5 Å². The second-order valence-corrected chi connectivity index (χ2v) is 10.8. The quantitative estimate of drug-likeness (QED) is 0.485. The van der Waals surface area contributed by atoms with Crippen molar-refractivity contribution in [1.82, 2.24) is 20.2 Å². The number of aliphatic hydroxyl groups is 1. The van der Waals surface area contributed by atoms with Gasteiger partial charge in [0.15, 0.2) is 5.82 Å². The molecule has 2 N–H and O–H groups in total. The lowest BCUT2D eigenvalue weighted by Gasteiger charge is -2.40. The van der Waals surface area contributed by atoms with Gasteiger partial charge in [0.25, 0.3) is 0 Å². The molecule has 208 valence electrons. The summed E-state index contributed by atoms with van der Waals surface area (Å²) >= 11 is 0. The first kappa shape index (κ1) is 27.3. The normalized spacial score (nSPS) is 22.1. The first-order valence-electron chi connectivity index (χ1n) is 14.2. The Morgan fingerprint density at radius 1 is 1.08 bits per heavy atom. The van der Waals surface area contributed by atoms with Crippen LogP contribution in [0.25, 0.3) is 11.4 Å². The molecule has 0 saturated carbocycles. The third-order valence-corrected chi connectivity index (χ3v) is 8.03. The van der Waals surface area contributed by atoms with Gasteiger partial charge in [-0.25, -0.2) is 9.97 Å². The summed E-state index contributed by atoms with van der Waals surface area (Å²) in [6.45, 7) is 10.3. The highest BCUT2D eigenvalue weighted by atomic mass is 16.5. The lowest BCUT2D eigenvalue weighted by molar-refractivity contribution is 0.0114. The Morgan fingerprint density at radius 3 is 2.63 bits per heavy atom. The van der Waals surface area contributed by atoms with E-state index in [1.54, 1.807) is 0 Å². The molecule has 3 fully saturated rings. The van der Waals surface area contributed by atoms with Gasteiger partial charge in [0.2, 0.25) is 0 Å². The van der Waals surface area contributed by atoms with Gasteiger partial charge in [-0.05, 0) is 57.7 Å². The number of hydrogen-bond donors (Lipinski definition) is 2. The summed E-state index contributed by atoms with van der Waals surface area (Å²) in [7, 11) is 1.82. The highest BCUT2D eigenvalue weighted by Crippen LogP contribution is 2.31. The zero-order valence-corrected chi connectivity index (χ0v) is 22.9. The molecule has 0 spiro atoms. The Hall–Kier alpha value is -2.30. The molecule has 1 aromatic heterocycles. The number of aromatic nitrogens is 2. The van der Waals surface area contributed by atoms with E-state index >= 15 is 0 Å². The zero-order chi connectivity index (χ0) is 26.3. The van der Waals surface area contributed by atoms with Crippen LogP contribution < -0.4 is 15.0 Å². The van der Waals surface area contributed by atoms with Crippen LogP contribution in [0.3, 0.4) is 0 Å². The molecule has 0 bridgehead atoms. The first-order valence-corrected chi connectivity index (χ1v) is 14.2. The molecule has 0 aliphatic carbocycles. The minimum absolute atomic E-state index is 0.231. The number of likely N-dealkylation sites (N-methyl/N-ethyl adjacent to an activating group) is 1. The Bertz CT molecular complexity index is 1030. The van der Waals surface area contributed by atoms with Crippen LogP contribution in [0.5, 0.6) is 5.75 Å². The summed E-state index contributed by atoms with van der Waals surface area (Å²) in [6, 6.07) is 8.53. The predicted molar refractivity (Wildman–Crippen MR) is 148 cm³/mol. The number of morpholine rings is 1. The lowest BCUT2D eigenvalue weighted by atomic mass is 9.98. The fourth-order valence-corrected chi connectivity index (χ4v) is 5.80. The van der Waals surface area contributed by atoms with Crippen LogP contribution >= 0.6 is 0 Å². The van der Waals surface area contributed by atoms with Crippen molar-refractivity contribution in [2.75, 3.05) is 77.7 Å². The third kappa shape index (κ3) is 6.82. The fourth-order valence-electron chi connectivity index (χ4n) is 5.80. The van der Waals surface area contributed by atoms with Crippen molar-refractivity contribution < 1.29 is 19.3 Å². The van der Waals surface area contributed by atoms with Crippen LogP contribution in [0.15, 0.2) is 24.3 Å². The number of benzene rings is 1. The van der Waals surface area contributed by atoms with Gasteiger partial charge in [-0.2, -0.15) is 0 Å². The van der Waals surface area contributed by atoms with E-state index in [4.69, 9.17) is 24.2 Å². The molecule has 3 saturated heterocycles. The average Bonchev–Trinajstić information content (AvgIpc) is 3.47. The van der Waals surface area contributed by atoms with Crippen molar-refractivity contribution in [2.45, 2.75) is 44.8 Å². The molecular weight excluding hydrogens is 482 g/mol. The molecule has 0 amide bonds. The van der Waals surface area contributed by atoms with E-state index in [1.807, 2.05) is 31.3 Å². The lowest BCUT2D eigenvalue weighted by Crippen LogP contribution is -2.49. The van der Waals surface area contributed by atoms with Crippen molar-refractivity contribution in [2.24, 2.45) is 5.92 Å². The minimum Gasteiger partial charge on any atom is -0.491 e. The number of ether oxygens (including phenoxy) is 3. The fraction of sp³-hybridized carbons (Fsp3) is 0.655. The maximum Gasteiger partial charge on any atom is 0.161 e. The van der Waals surface area contributed by atoms with Crippen LogP contribution in [0.4, 0.5) is 5.82 Å². The molecular formula is C29H43N5O4. The molecule has 9 heteroatoms. The van der Waals surface area contributed by atoms with E-state index in [0.29, 0.717) is 24.3 Å². The molecule has 1 aromatic carbocycles. The zero-order valence-electron chi connectivity index (χ0n) is 22.9. The summed E-state index contributed by atoms with van der Waals surface area (Å²) in [6.07, 6.45) is 3.71. The van der Waals surface area contributed by atoms with E-state index in [2.05, 4.69) is 22.0 Å². The molecule has 3 aliphatic rings. The summed E-state index contributed by atoms with van der Waals surface area (Å²) in [5.74, 6) is 3.00. The molecule has 0 radical (unpaired) electrons. The summed E-state index contributed by atoms with van der Waals surface area (Å²) in [5.41, 5.74) is 3.23. The second-order valence-electron chi connectivity index (χ2n) is 10.8. The summed E-state index contributed by atoms with van der Waals surface area (Å²) in [5, 5.41) is 13.0. The number of aliphatic hydroxyl groups excluding tert-OH is 1. The molecule has 9 nitrogen and oxygen atoms in total. The monoisotopic (exact) mass is 525 g/mol. The largest absolute Gasteiger partial charge is 0.491 e. The molecule has 4 heterocycles. The number of anilines is 1. The van der Waals surface area contributed by atoms with E-state index in [9.17, 15) is 5.11 Å². The third-order valence-electron chi connectivity index (χ3n) is 8.03.